The van der Waals surface area contributed by atoms with Crippen LogP contribution in [0, 0.1) is 5.92 Å². The van der Waals surface area contributed by atoms with Crippen molar-refractivity contribution in [3.63, 3.8) is 0 Å². The fourth-order valence-corrected chi connectivity index (χ4v) is 6.67. The van der Waals surface area contributed by atoms with Crippen LogP contribution in [-0.4, -0.2) is 63.0 Å². The minimum Gasteiger partial charge on any atom is -0.508 e. The Labute approximate surface area is 201 Å². The molecule has 1 aromatic carbocycles. The van der Waals surface area contributed by atoms with Gasteiger partial charge in [-0.1, -0.05) is 19.9 Å². The lowest BCUT2D eigenvalue weighted by Crippen LogP contribution is -2.73. The van der Waals surface area contributed by atoms with E-state index in [1.807, 2.05) is 26.8 Å². The lowest BCUT2D eigenvalue weighted by atomic mass is 9.53. The number of piperidine rings is 1. The van der Waals surface area contributed by atoms with E-state index in [0.717, 1.165) is 37.1 Å². The lowest BCUT2D eigenvalue weighted by Gasteiger charge is -2.59. The van der Waals surface area contributed by atoms with E-state index in [2.05, 4.69) is 10.2 Å². The van der Waals surface area contributed by atoms with Crippen LogP contribution >= 0.6 is 0 Å². The molecule has 2 heterocycles. The van der Waals surface area contributed by atoms with Gasteiger partial charge >= 0.3 is 0 Å². The van der Waals surface area contributed by atoms with E-state index < -0.39 is 17.1 Å². The van der Waals surface area contributed by atoms with E-state index in [-0.39, 0.29) is 35.1 Å². The summed E-state index contributed by atoms with van der Waals surface area (Å²) in [5, 5.41) is 37.3. The van der Waals surface area contributed by atoms with Crippen LogP contribution in [0.5, 0.6) is 11.5 Å². The summed E-state index contributed by atoms with van der Waals surface area (Å²) >= 11 is 0. The molecule has 7 nitrogen and oxygen atoms in total. The number of fused-ring (bicyclic) bond motifs is 1. The molecule has 1 saturated carbocycles. The largest absolute Gasteiger partial charge is 0.508 e. The molecule has 2 aliphatic carbocycles. The molecule has 2 aliphatic heterocycles. The number of benzene rings is 1. The molecule has 1 spiro atoms. The molecule has 0 unspecified atom stereocenters. The number of carbonyl (C=O) groups excluding carboxylic acids is 1. The molecular weight excluding hydrogens is 432 g/mol. The number of phenolic OH excluding ortho intramolecular Hbond substituents is 1. The highest BCUT2D eigenvalue weighted by Crippen LogP contribution is 2.63. The molecule has 1 aromatic rings. The van der Waals surface area contributed by atoms with Crippen molar-refractivity contribution in [3.8, 4) is 11.5 Å². The standard InChI is InChI=1S/C27H38N2O5/c1-5-18(6-2)28-25(32)15(3)22(31)24-27-11-12-29(14-16-7-8-16)20(26(27,4)33)13-17-9-10-19(30)23(34-24)21(17)27/h9-10,16,18,20,24,30-31,33H,5-8,11-14H2,1-4H3,(H,28,32)/b22-15-/t20-,24+,26-,27+/m1/s1. The molecule has 4 N–H and O–H groups in total. The summed E-state index contributed by atoms with van der Waals surface area (Å²) in [5.41, 5.74) is -0.126. The molecule has 4 atom stereocenters. The van der Waals surface area contributed by atoms with Crippen molar-refractivity contribution in [3.05, 3.63) is 34.6 Å². The number of aliphatic hydroxyl groups excluding tert-OH is 1. The van der Waals surface area contributed by atoms with Gasteiger partial charge in [0.25, 0.3) is 5.91 Å². The molecular formula is C27H38N2O5. The van der Waals surface area contributed by atoms with Gasteiger partial charge in [-0.2, -0.15) is 0 Å². The van der Waals surface area contributed by atoms with Crippen LogP contribution in [0.25, 0.3) is 0 Å². The minimum atomic E-state index is -1.21. The van der Waals surface area contributed by atoms with E-state index >= 15 is 0 Å². The number of aromatic hydroxyl groups is 1. The number of nitrogens with one attached hydrogen (secondary N) is 1. The summed E-state index contributed by atoms with van der Waals surface area (Å²) < 4.78 is 6.28. The molecule has 5 rings (SSSR count). The predicted octanol–water partition coefficient (Wildman–Crippen LogP) is 3.32. The third-order valence-electron chi connectivity index (χ3n) is 9.04. The maximum absolute atomic E-state index is 13.0. The SMILES string of the molecule is CCC(CC)NC(=O)/C(C)=C(\O)[C@@H]1Oc2c(O)ccc3c2[C@@]12CCN(CC1CC1)[C@H](C3)[C@@]2(C)O. The first kappa shape index (κ1) is 23.5. The van der Waals surface area contributed by atoms with Crippen LogP contribution in [0.3, 0.4) is 0 Å². The van der Waals surface area contributed by atoms with Crippen LogP contribution in [0.4, 0.5) is 0 Å². The second-order valence-corrected chi connectivity index (χ2v) is 11.0. The number of ether oxygens (including phenoxy) is 1. The Bertz CT molecular complexity index is 1030. The smallest absolute Gasteiger partial charge is 0.250 e. The van der Waals surface area contributed by atoms with Gasteiger partial charge in [0.15, 0.2) is 17.6 Å². The van der Waals surface area contributed by atoms with Crippen molar-refractivity contribution in [2.24, 2.45) is 5.92 Å². The van der Waals surface area contributed by atoms with Crippen molar-refractivity contribution in [2.75, 3.05) is 13.1 Å². The number of phenols is 1. The van der Waals surface area contributed by atoms with Gasteiger partial charge in [0.1, 0.15) is 5.76 Å². The van der Waals surface area contributed by atoms with Crippen molar-refractivity contribution in [1.82, 2.24) is 10.2 Å². The first-order valence-electron chi connectivity index (χ1n) is 12.8. The van der Waals surface area contributed by atoms with Crippen molar-refractivity contribution in [1.29, 1.82) is 0 Å². The first-order valence-corrected chi connectivity index (χ1v) is 12.8. The van der Waals surface area contributed by atoms with Gasteiger partial charge < -0.3 is 25.4 Å². The van der Waals surface area contributed by atoms with E-state index in [9.17, 15) is 20.1 Å². The summed E-state index contributed by atoms with van der Waals surface area (Å²) in [6, 6.07) is 3.46. The van der Waals surface area contributed by atoms with Gasteiger partial charge in [-0.05, 0) is 76.5 Å². The molecule has 4 aliphatic rings. The minimum absolute atomic E-state index is 0.00206. The molecule has 2 fully saturated rings. The van der Waals surface area contributed by atoms with Crippen LogP contribution < -0.4 is 10.1 Å². The molecule has 0 radical (unpaired) electrons. The summed E-state index contributed by atoms with van der Waals surface area (Å²) in [4.78, 5) is 15.4. The number of rotatable bonds is 7. The normalized spacial score (nSPS) is 32.8. The Morgan fingerprint density at radius 2 is 2.00 bits per heavy atom. The summed E-state index contributed by atoms with van der Waals surface area (Å²) in [5.74, 6) is 0.534. The number of aliphatic hydroxyl groups is 2. The Morgan fingerprint density at radius 3 is 2.65 bits per heavy atom. The molecule has 2 bridgehead atoms. The molecule has 0 aromatic heterocycles. The summed E-state index contributed by atoms with van der Waals surface area (Å²) in [7, 11) is 0. The average molecular weight is 471 g/mol. The van der Waals surface area contributed by atoms with E-state index in [0.29, 0.717) is 24.5 Å². The van der Waals surface area contributed by atoms with E-state index in [4.69, 9.17) is 4.74 Å². The number of hydrogen-bond acceptors (Lipinski definition) is 6. The molecule has 34 heavy (non-hydrogen) atoms. The van der Waals surface area contributed by atoms with E-state index in [1.54, 1.807) is 13.0 Å². The summed E-state index contributed by atoms with van der Waals surface area (Å²) in [6.07, 6.45) is 4.38. The van der Waals surface area contributed by atoms with Crippen LogP contribution in [0.2, 0.25) is 0 Å². The second kappa shape index (κ2) is 8.16. The first-order chi connectivity index (χ1) is 16.2. The maximum Gasteiger partial charge on any atom is 0.250 e. The molecule has 1 saturated heterocycles. The quantitative estimate of drug-likeness (QED) is 0.360. The number of hydrogen-bond donors (Lipinski definition) is 4. The van der Waals surface area contributed by atoms with Crippen molar-refractivity contribution in [2.45, 2.75) is 95.4 Å². The number of nitrogens with zero attached hydrogens (tertiary/aromatic N) is 1. The zero-order chi connectivity index (χ0) is 24.4. The fourth-order valence-electron chi connectivity index (χ4n) is 6.67. The maximum atomic E-state index is 13.0. The van der Waals surface area contributed by atoms with Crippen LogP contribution in [-0.2, 0) is 16.6 Å². The summed E-state index contributed by atoms with van der Waals surface area (Å²) in [6.45, 7) is 9.24. The Balaban J connectivity index is 1.59. The topological polar surface area (TPSA) is 102 Å². The average Bonchev–Trinajstić information content (AvgIpc) is 3.55. The molecule has 1 amide bonds. The number of amides is 1. The van der Waals surface area contributed by atoms with Gasteiger partial charge in [-0.15, -0.1) is 0 Å². The lowest BCUT2D eigenvalue weighted by molar-refractivity contribution is -0.153. The van der Waals surface area contributed by atoms with Gasteiger partial charge in [-0.3, -0.25) is 9.69 Å². The third-order valence-corrected chi connectivity index (χ3v) is 9.04. The van der Waals surface area contributed by atoms with Crippen LogP contribution in [0.1, 0.15) is 70.9 Å². The van der Waals surface area contributed by atoms with Crippen molar-refractivity contribution < 1.29 is 24.9 Å². The van der Waals surface area contributed by atoms with Gasteiger partial charge in [0, 0.05) is 24.2 Å². The van der Waals surface area contributed by atoms with Gasteiger partial charge in [0.05, 0.1) is 16.6 Å². The van der Waals surface area contributed by atoms with E-state index in [1.165, 1.54) is 12.8 Å². The fraction of sp³-hybridized carbons (Fsp3) is 0.667. The van der Waals surface area contributed by atoms with Gasteiger partial charge in [-0.25, -0.2) is 0 Å². The number of likely N-dealkylation sites (tertiary alicyclic amines) is 1. The predicted molar refractivity (Wildman–Crippen MR) is 129 cm³/mol. The van der Waals surface area contributed by atoms with Crippen molar-refractivity contribution >= 4 is 5.91 Å². The Hall–Kier alpha value is -2.25. The zero-order valence-electron chi connectivity index (χ0n) is 20.7. The highest BCUT2D eigenvalue weighted by Gasteiger charge is 2.69. The monoisotopic (exact) mass is 470 g/mol. The Morgan fingerprint density at radius 1 is 1.29 bits per heavy atom. The highest BCUT2D eigenvalue weighted by atomic mass is 16.5. The zero-order valence-corrected chi connectivity index (χ0v) is 20.7. The highest BCUT2D eigenvalue weighted by molar-refractivity contribution is 5.93. The number of carbonyl (C=O) groups is 1. The van der Waals surface area contributed by atoms with Gasteiger partial charge in [0.2, 0.25) is 0 Å². The van der Waals surface area contributed by atoms with Crippen LogP contribution in [0.15, 0.2) is 23.5 Å². The molecule has 186 valence electrons. The second-order valence-electron chi connectivity index (χ2n) is 11.0. The third kappa shape index (κ3) is 3.27. The molecule has 7 heteroatoms. The Kier molecular flexibility index (Phi) is 5.64.